The Morgan fingerprint density at radius 1 is 0.885 bits per heavy atom. The molecule has 0 radical (unpaired) electrons. The predicted octanol–water partition coefficient (Wildman–Crippen LogP) is 4.65. The second-order valence-corrected chi connectivity index (χ2v) is 6.11. The largest absolute Gasteiger partial charge is 0.497 e. The van der Waals surface area contributed by atoms with Crippen molar-refractivity contribution >= 4 is 5.78 Å². The first-order valence-electron chi connectivity index (χ1n) is 8.78. The Balaban J connectivity index is 1.67. The second-order valence-electron chi connectivity index (χ2n) is 6.11. The standard InChI is InChI=1S/C23H23NO2/c1-26-21-14-8-13-20(17-21)22(25)15-16-24-23(18-9-4-2-5-10-18)19-11-6-3-7-12-19/h2-14,17,23-24H,15-16H2,1H3. The Labute approximate surface area is 154 Å². The van der Waals surface area contributed by atoms with E-state index in [-0.39, 0.29) is 11.8 Å². The normalized spacial score (nSPS) is 10.7. The molecule has 0 fully saturated rings. The van der Waals surface area contributed by atoms with Crippen molar-refractivity contribution in [1.29, 1.82) is 0 Å². The molecule has 3 nitrogen and oxygen atoms in total. The van der Waals surface area contributed by atoms with Gasteiger partial charge in [-0.1, -0.05) is 72.8 Å². The van der Waals surface area contributed by atoms with Gasteiger partial charge in [0.15, 0.2) is 5.78 Å². The third-order valence-corrected chi connectivity index (χ3v) is 4.36. The van der Waals surface area contributed by atoms with Gasteiger partial charge in [0.1, 0.15) is 5.75 Å². The van der Waals surface area contributed by atoms with E-state index in [4.69, 9.17) is 4.74 Å². The summed E-state index contributed by atoms with van der Waals surface area (Å²) in [5.74, 6) is 0.812. The molecule has 26 heavy (non-hydrogen) atoms. The van der Waals surface area contributed by atoms with Gasteiger partial charge in [-0.15, -0.1) is 0 Å². The molecular formula is C23H23NO2. The molecule has 0 aliphatic carbocycles. The van der Waals surface area contributed by atoms with E-state index in [0.29, 0.717) is 24.3 Å². The quantitative estimate of drug-likeness (QED) is 0.604. The van der Waals surface area contributed by atoms with Crippen LogP contribution in [0.1, 0.15) is 33.9 Å². The van der Waals surface area contributed by atoms with Crippen molar-refractivity contribution in [1.82, 2.24) is 5.32 Å². The monoisotopic (exact) mass is 345 g/mol. The average molecular weight is 345 g/mol. The van der Waals surface area contributed by atoms with Crippen LogP contribution in [0, 0.1) is 0 Å². The van der Waals surface area contributed by atoms with Gasteiger partial charge in [0.25, 0.3) is 0 Å². The number of rotatable bonds is 8. The first kappa shape index (κ1) is 17.9. The Kier molecular flexibility index (Phi) is 6.18. The molecule has 3 aromatic carbocycles. The SMILES string of the molecule is COc1cccc(C(=O)CCNC(c2ccccc2)c2ccccc2)c1. The summed E-state index contributed by atoms with van der Waals surface area (Å²) in [5.41, 5.74) is 3.06. The van der Waals surface area contributed by atoms with Crippen molar-refractivity contribution in [2.45, 2.75) is 12.5 Å². The summed E-state index contributed by atoms with van der Waals surface area (Å²) in [6.07, 6.45) is 0.434. The first-order chi connectivity index (χ1) is 12.8. The maximum absolute atomic E-state index is 12.5. The fourth-order valence-electron chi connectivity index (χ4n) is 2.99. The van der Waals surface area contributed by atoms with Crippen LogP contribution in [0.2, 0.25) is 0 Å². The molecule has 0 bridgehead atoms. The van der Waals surface area contributed by atoms with Crippen LogP contribution in [0.5, 0.6) is 5.75 Å². The summed E-state index contributed by atoms with van der Waals surface area (Å²) in [6, 6.07) is 28.0. The van der Waals surface area contributed by atoms with E-state index in [1.165, 1.54) is 11.1 Å². The molecule has 0 aromatic heterocycles. The third kappa shape index (κ3) is 4.58. The van der Waals surface area contributed by atoms with Crippen molar-refractivity contribution in [3.8, 4) is 5.75 Å². The van der Waals surface area contributed by atoms with Crippen LogP contribution in [0.15, 0.2) is 84.9 Å². The molecule has 0 saturated carbocycles. The number of carbonyl (C=O) groups excluding carboxylic acids is 1. The van der Waals surface area contributed by atoms with Gasteiger partial charge in [0, 0.05) is 18.5 Å². The lowest BCUT2D eigenvalue weighted by Crippen LogP contribution is -2.25. The Morgan fingerprint density at radius 2 is 1.50 bits per heavy atom. The van der Waals surface area contributed by atoms with Crippen LogP contribution in [0.3, 0.4) is 0 Å². The average Bonchev–Trinajstić information content (AvgIpc) is 2.72. The number of ketones is 1. The van der Waals surface area contributed by atoms with E-state index in [1.54, 1.807) is 13.2 Å². The zero-order chi connectivity index (χ0) is 18.2. The molecule has 0 unspecified atom stereocenters. The second kappa shape index (κ2) is 8.97. The Bertz CT molecular complexity index is 792. The van der Waals surface area contributed by atoms with Crippen LogP contribution in [-0.4, -0.2) is 19.4 Å². The maximum atomic E-state index is 12.5. The van der Waals surface area contributed by atoms with Gasteiger partial charge in [0.2, 0.25) is 0 Å². The molecule has 132 valence electrons. The highest BCUT2D eigenvalue weighted by Gasteiger charge is 2.14. The molecule has 3 heteroatoms. The molecule has 0 heterocycles. The molecule has 0 aliphatic heterocycles. The summed E-state index contributed by atoms with van der Waals surface area (Å²) in [4.78, 5) is 12.5. The molecule has 0 amide bonds. The van der Waals surface area contributed by atoms with Gasteiger partial charge >= 0.3 is 0 Å². The van der Waals surface area contributed by atoms with Crippen molar-refractivity contribution in [3.63, 3.8) is 0 Å². The molecule has 0 atom stereocenters. The van der Waals surface area contributed by atoms with Gasteiger partial charge in [0.05, 0.1) is 13.2 Å². The van der Waals surface area contributed by atoms with Crippen molar-refractivity contribution in [2.24, 2.45) is 0 Å². The lowest BCUT2D eigenvalue weighted by molar-refractivity contribution is 0.0981. The van der Waals surface area contributed by atoms with Gasteiger partial charge in [-0.3, -0.25) is 4.79 Å². The van der Waals surface area contributed by atoms with Gasteiger partial charge < -0.3 is 10.1 Å². The summed E-state index contributed by atoms with van der Waals surface area (Å²) in [6.45, 7) is 0.602. The van der Waals surface area contributed by atoms with Gasteiger partial charge in [-0.25, -0.2) is 0 Å². The number of benzene rings is 3. The zero-order valence-electron chi connectivity index (χ0n) is 14.9. The lowest BCUT2D eigenvalue weighted by Gasteiger charge is -2.19. The minimum absolute atomic E-state index is 0.0653. The smallest absolute Gasteiger partial charge is 0.164 e. The van der Waals surface area contributed by atoms with Gasteiger partial charge in [-0.05, 0) is 23.3 Å². The number of ether oxygens (including phenoxy) is 1. The Morgan fingerprint density at radius 3 is 2.08 bits per heavy atom. The predicted molar refractivity (Wildman–Crippen MR) is 105 cm³/mol. The molecule has 3 aromatic rings. The summed E-state index contributed by atoms with van der Waals surface area (Å²) in [5, 5.41) is 3.53. The molecule has 0 spiro atoms. The number of Topliss-reactive ketones (excluding diaryl/α,β-unsaturated/α-hetero) is 1. The van der Waals surface area contributed by atoms with E-state index < -0.39 is 0 Å². The highest BCUT2D eigenvalue weighted by atomic mass is 16.5. The third-order valence-electron chi connectivity index (χ3n) is 4.36. The first-order valence-corrected chi connectivity index (χ1v) is 8.78. The van der Waals surface area contributed by atoms with Crippen LogP contribution < -0.4 is 10.1 Å². The van der Waals surface area contributed by atoms with Crippen LogP contribution in [0.25, 0.3) is 0 Å². The highest BCUT2D eigenvalue weighted by molar-refractivity contribution is 5.96. The molecular weight excluding hydrogens is 322 g/mol. The fraction of sp³-hybridized carbons (Fsp3) is 0.174. The topological polar surface area (TPSA) is 38.3 Å². The van der Waals surface area contributed by atoms with Crippen LogP contribution in [0.4, 0.5) is 0 Å². The summed E-state index contributed by atoms with van der Waals surface area (Å²) < 4.78 is 5.20. The van der Waals surface area contributed by atoms with Crippen LogP contribution >= 0.6 is 0 Å². The van der Waals surface area contributed by atoms with E-state index in [2.05, 4.69) is 29.6 Å². The molecule has 0 aliphatic rings. The van der Waals surface area contributed by atoms with E-state index in [0.717, 1.165) is 0 Å². The van der Waals surface area contributed by atoms with E-state index >= 15 is 0 Å². The Hall–Kier alpha value is -2.91. The summed E-state index contributed by atoms with van der Waals surface area (Å²) in [7, 11) is 1.61. The minimum atomic E-state index is 0.0653. The van der Waals surface area contributed by atoms with Gasteiger partial charge in [-0.2, -0.15) is 0 Å². The van der Waals surface area contributed by atoms with E-state index in [1.807, 2.05) is 54.6 Å². The maximum Gasteiger partial charge on any atom is 0.164 e. The number of methoxy groups -OCH3 is 1. The molecule has 1 N–H and O–H groups in total. The zero-order valence-corrected chi connectivity index (χ0v) is 14.9. The number of nitrogens with one attached hydrogen (secondary N) is 1. The number of carbonyl (C=O) groups is 1. The van der Waals surface area contributed by atoms with E-state index in [9.17, 15) is 4.79 Å². The lowest BCUT2D eigenvalue weighted by atomic mass is 9.98. The number of hydrogen-bond donors (Lipinski definition) is 1. The van der Waals surface area contributed by atoms with Crippen molar-refractivity contribution in [3.05, 3.63) is 102 Å². The van der Waals surface area contributed by atoms with Crippen molar-refractivity contribution < 1.29 is 9.53 Å². The van der Waals surface area contributed by atoms with Crippen molar-refractivity contribution in [2.75, 3.05) is 13.7 Å². The highest BCUT2D eigenvalue weighted by Crippen LogP contribution is 2.22. The fourth-order valence-corrected chi connectivity index (χ4v) is 2.99. The van der Waals surface area contributed by atoms with Crippen LogP contribution in [-0.2, 0) is 0 Å². The summed E-state index contributed by atoms with van der Waals surface area (Å²) >= 11 is 0. The molecule has 0 saturated heterocycles. The molecule has 3 rings (SSSR count). The minimum Gasteiger partial charge on any atom is -0.497 e. The number of hydrogen-bond acceptors (Lipinski definition) is 3.